The van der Waals surface area contributed by atoms with Crippen LogP contribution in [0.4, 0.5) is 0 Å². The van der Waals surface area contributed by atoms with Crippen LogP contribution in [-0.4, -0.2) is 37.8 Å². The number of nitrogens with zero attached hydrogens (tertiary/aromatic N) is 1. The molecule has 1 aromatic carbocycles. The van der Waals surface area contributed by atoms with Crippen molar-refractivity contribution in [3.8, 4) is 0 Å². The van der Waals surface area contributed by atoms with Gasteiger partial charge in [-0.2, -0.15) is 4.31 Å². The van der Waals surface area contributed by atoms with Gasteiger partial charge in [-0.05, 0) is 57.1 Å². The van der Waals surface area contributed by atoms with E-state index in [1.165, 1.54) is 4.31 Å². The summed E-state index contributed by atoms with van der Waals surface area (Å²) in [4.78, 5) is 12.8. The number of carbonyl (C=O) groups is 1. The molecule has 1 aromatic rings. The molecule has 0 radical (unpaired) electrons. The second-order valence-corrected chi connectivity index (χ2v) is 9.52. The van der Waals surface area contributed by atoms with Gasteiger partial charge in [-0.3, -0.25) is 4.79 Å². The lowest BCUT2D eigenvalue weighted by atomic mass is 9.87. The highest BCUT2D eigenvalue weighted by Gasteiger charge is 2.28. The SMILES string of the molecule is Cc1ccc(S(=O)(=O)N2CC=C(C(=O)NC3CCC(C)CC3)CC2)cc1. The predicted octanol–water partition coefficient (Wildman–Crippen LogP) is 3.01. The highest BCUT2D eigenvalue weighted by atomic mass is 32.2. The Morgan fingerprint density at radius 3 is 2.35 bits per heavy atom. The largest absolute Gasteiger partial charge is 0.350 e. The van der Waals surface area contributed by atoms with Crippen molar-refractivity contribution in [3.63, 3.8) is 0 Å². The highest BCUT2D eigenvalue weighted by molar-refractivity contribution is 7.89. The molecule has 1 aliphatic carbocycles. The van der Waals surface area contributed by atoms with Gasteiger partial charge in [0.25, 0.3) is 0 Å². The smallest absolute Gasteiger partial charge is 0.247 e. The molecule has 1 amide bonds. The molecule has 2 aliphatic rings. The van der Waals surface area contributed by atoms with Crippen LogP contribution in [0.3, 0.4) is 0 Å². The maximum absolute atomic E-state index is 12.7. The minimum atomic E-state index is -3.50. The Morgan fingerprint density at radius 2 is 1.77 bits per heavy atom. The normalized spacial score (nSPS) is 24.8. The standard InChI is InChI=1S/C20H28N2O3S/c1-15-3-7-18(8-4-15)21-20(23)17-11-13-22(14-12-17)26(24,25)19-9-5-16(2)6-10-19/h5-6,9-11,15,18H,3-4,7-8,12-14H2,1-2H3,(H,21,23). The number of nitrogens with one attached hydrogen (secondary N) is 1. The second-order valence-electron chi connectivity index (χ2n) is 7.59. The monoisotopic (exact) mass is 376 g/mol. The van der Waals surface area contributed by atoms with Crippen LogP contribution in [0.1, 0.15) is 44.6 Å². The van der Waals surface area contributed by atoms with Crippen LogP contribution >= 0.6 is 0 Å². The third-order valence-corrected chi connectivity index (χ3v) is 7.35. The Balaban J connectivity index is 1.60. The van der Waals surface area contributed by atoms with E-state index in [0.717, 1.165) is 37.2 Å². The zero-order chi connectivity index (χ0) is 18.7. The highest BCUT2D eigenvalue weighted by Crippen LogP contribution is 2.25. The molecule has 142 valence electrons. The first kappa shape index (κ1) is 19.1. The summed E-state index contributed by atoms with van der Waals surface area (Å²) in [5.41, 5.74) is 1.73. The molecule has 0 spiro atoms. The average molecular weight is 377 g/mol. The van der Waals surface area contributed by atoms with Crippen molar-refractivity contribution in [3.05, 3.63) is 41.5 Å². The van der Waals surface area contributed by atoms with Gasteiger partial charge in [-0.15, -0.1) is 0 Å². The molecule has 1 aliphatic heterocycles. The van der Waals surface area contributed by atoms with Gasteiger partial charge in [0, 0.05) is 24.7 Å². The summed E-state index contributed by atoms with van der Waals surface area (Å²) in [5, 5.41) is 3.13. The fourth-order valence-electron chi connectivity index (χ4n) is 3.62. The van der Waals surface area contributed by atoms with E-state index in [2.05, 4.69) is 12.2 Å². The van der Waals surface area contributed by atoms with Crippen molar-refractivity contribution in [2.45, 2.75) is 56.9 Å². The van der Waals surface area contributed by atoms with Gasteiger partial charge < -0.3 is 5.32 Å². The van der Waals surface area contributed by atoms with Gasteiger partial charge in [0.2, 0.25) is 15.9 Å². The van der Waals surface area contributed by atoms with Crippen molar-refractivity contribution >= 4 is 15.9 Å². The lowest BCUT2D eigenvalue weighted by molar-refractivity contribution is -0.118. The number of carbonyl (C=O) groups excluding carboxylic acids is 1. The summed E-state index contributed by atoms with van der Waals surface area (Å²) in [6.07, 6.45) is 6.61. The van der Waals surface area contributed by atoms with E-state index < -0.39 is 10.0 Å². The van der Waals surface area contributed by atoms with Crippen molar-refractivity contribution in [2.24, 2.45) is 5.92 Å². The number of hydrogen-bond donors (Lipinski definition) is 1. The Morgan fingerprint density at radius 1 is 1.12 bits per heavy atom. The maximum atomic E-state index is 12.7. The van der Waals surface area contributed by atoms with E-state index in [-0.39, 0.29) is 18.5 Å². The summed E-state index contributed by atoms with van der Waals surface area (Å²) in [6.45, 7) is 4.78. The minimum absolute atomic E-state index is 0.0306. The molecular weight excluding hydrogens is 348 g/mol. The molecule has 0 atom stereocenters. The lowest BCUT2D eigenvalue weighted by Crippen LogP contribution is -2.41. The molecule has 3 rings (SSSR count). The minimum Gasteiger partial charge on any atom is -0.350 e. The molecule has 1 N–H and O–H groups in total. The predicted molar refractivity (Wildman–Crippen MR) is 102 cm³/mol. The van der Waals surface area contributed by atoms with E-state index in [1.807, 2.05) is 6.92 Å². The Bertz CT molecular complexity index is 776. The van der Waals surface area contributed by atoms with Crippen LogP contribution in [0.15, 0.2) is 40.8 Å². The third-order valence-electron chi connectivity index (χ3n) is 5.47. The van der Waals surface area contributed by atoms with Crippen LogP contribution < -0.4 is 5.32 Å². The molecule has 6 heteroatoms. The summed E-state index contributed by atoms with van der Waals surface area (Å²) >= 11 is 0. The Kier molecular flexibility index (Phi) is 5.82. The molecule has 1 heterocycles. The van der Waals surface area contributed by atoms with E-state index in [4.69, 9.17) is 0 Å². The number of aryl methyl sites for hydroxylation is 1. The number of sulfonamides is 1. The van der Waals surface area contributed by atoms with Crippen molar-refractivity contribution in [1.29, 1.82) is 0 Å². The molecule has 0 bridgehead atoms. The average Bonchev–Trinajstić information content (AvgIpc) is 2.64. The van der Waals surface area contributed by atoms with Gasteiger partial charge in [0.1, 0.15) is 0 Å². The Hall–Kier alpha value is -1.66. The Labute approximate surface area is 156 Å². The summed E-state index contributed by atoms with van der Waals surface area (Å²) in [5.74, 6) is 0.717. The molecule has 0 aromatic heterocycles. The van der Waals surface area contributed by atoms with Gasteiger partial charge in [-0.1, -0.05) is 30.7 Å². The lowest BCUT2D eigenvalue weighted by Gasteiger charge is -2.29. The van der Waals surface area contributed by atoms with Crippen LogP contribution in [0.2, 0.25) is 0 Å². The topological polar surface area (TPSA) is 66.5 Å². The molecule has 26 heavy (non-hydrogen) atoms. The first-order chi connectivity index (χ1) is 12.4. The summed E-state index contributed by atoms with van der Waals surface area (Å²) in [6, 6.07) is 7.14. The van der Waals surface area contributed by atoms with Crippen molar-refractivity contribution < 1.29 is 13.2 Å². The van der Waals surface area contributed by atoms with Crippen LogP contribution in [0, 0.1) is 12.8 Å². The van der Waals surface area contributed by atoms with Crippen molar-refractivity contribution in [2.75, 3.05) is 13.1 Å². The zero-order valence-electron chi connectivity index (χ0n) is 15.6. The molecule has 0 saturated heterocycles. The number of benzene rings is 1. The fraction of sp³-hybridized carbons (Fsp3) is 0.550. The van der Waals surface area contributed by atoms with Crippen LogP contribution in [-0.2, 0) is 14.8 Å². The molecule has 1 fully saturated rings. The molecule has 1 saturated carbocycles. The van der Waals surface area contributed by atoms with Crippen LogP contribution in [0.5, 0.6) is 0 Å². The quantitative estimate of drug-likeness (QED) is 0.878. The fourth-order valence-corrected chi connectivity index (χ4v) is 5.00. The third kappa shape index (κ3) is 4.35. The molecule has 5 nitrogen and oxygen atoms in total. The maximum Gasteiger partial charge on any atom is 0.247 e. The van der Waals surface area contributed by atoms with E-state index in [0.29, 0.717) is 23.4 Å². The molecule has 0 unspecified atom stereocenters. The van der Waals surface area contributed by atoms with E-state index in [9.17, 15) is 13.2 Å². The van der Waals surface area contributed by atoms with Gasteiger partial charge in [0.05, 0.1) is 4.90 Å². The van der Waals surface area contributed by atoms with Gasteiger partial charge in [0.15, 0.2) is 0 Å². The summed E-state index contributed by atoms with van der Waals surface area (Å²) < 4.78 is 26.9. The molecular formula is C20H28N2O3S. The van der Waals surface area contributed by atoms with Crippen LogP contribution in [0.25, 0.3) is 0 Å². The number of hydrogen-bond acceptors (Lipinski definition) is 3. The first-order valence-corrected chi connectivity index (χ1v) is 10.9. The summed E-state index contributed by atoms with van der Waals surface area (Å²) in [7, 11) is -3.50. The van der Waals surface area contributed by atoms with Gasteiger partial charge >= 0.3 is 0 Å². The number of amides is 1. The first-order valence-electron chi connectivity index (χ1n) is 9.43. The van der Waals surface area contributed by atoms with Crippen molar-refractivity contribution in [1.82, 2.24) is 9.62 Å². The van der Waals surface area contributed by atoms with E-state index >= 15 is 0 Å². The zero-order valence-corrected chi connectivity index (χ0v) is 16.4. The van der Waals surface area contributed by atoms with Gasteiger partial charge in [-0.25, -0.2) is 8.42 Å². The second kappa shape index (κ2) is 7.92. The van der Waals surface area contributed by atoms with E-state index in [1.54, 1.807) is 30.3 Å². The number of rotatable bonds is 4.